The molecular formula is C22H21FN4O3S. The summed E-state index contributed by atoms with van der Waals surface area (Å²) in [5.74, 6) is -1.50. The average molecular weight is 441 g/mol. The number of anilines is 3. The maximum absolute atomic E-state index is 14.1. The van der Waals surface area contributed by atoms with Gasteiger partial charge in [0.05, 0.1) is 35.0 Å². The lowest BCUT2D eigenvalue weighted by Crippen LogP contribution is -2.36. The Labute approximate surface area is 182 Å². The molecule has 5 rings (SSSR count). The van der Waals surface area contributed by atoms with E-state index in [1.807, 2.05) is 18.2 Å². The van der Waals surface area contributed by atoms with Crippen LogP contribution >= 0.6 is 11.3 Å². The molecule has 2 aromatic carbocycles. The Bertz CT molecular complexity index is 1140. The van der Waals surface area contributed by atoms with Gasteiger partial charge in [-0.15, -0.1) is 0 Å². The summed E-state index contributed by atoms with van der Waals surface area (Å²) in [6.45, 7) is 3.19. The fraction of sp³-hybridized carbons (Fsp3) is 0.318. The average Bonchev–Trinajstić information content (AvgIpc) is 3.38. The molecule has 0 radical (unpaired) electrons. The molecule has 0 bridgehead atoms. The van der Waals surface area contributed by atoms with Gasteiger partial charge in [0.15, 0.2) is 5.13 Å². The van der Waals surface area contributed by atoms with E-state index in [1.54, 1.807) is 29.5 Å². The Morgan fingerprint density at radius 3 is 2.81 bits per heavy atom. The van der Waals surface area contributed by atoms with Gasteiger partial charge in [0.2, 0.25) is 11.8 Å². The fourth-order valence-corrected chi connectivity index (χ4v) is 4.97. The van der Waals surface area contributed by atoms with Crippen molar-refractivity contribution in [2.75, 3.05) is 48.0 Å². The molecule has 2 fully saturated rings. The number of rotatable bonds is 4. The monoisotopic (exact) mass is 440 g/mol. The quantitative estimate of drug-likeness (QED) is 0.674. The predicted molar refractivity (Wildman–Crippen MR) is 118 cm³/mol. The number of aromatic nitrogens is 1. The summed E-state index contributed by atoms with van der Waals surface area (Å²) in [7, 11) is 0. The number of para-hydroxylation sites is 1. The van der Waals surface area contributed by atoms with Crippen LogP contribution in [0.1, 0.15) is 6.42 Å². The van der Waals surface area contributed by atoms with Crippen LogP contribution in [0.25, 0.3) is 10.2 Å². The van der Waals surface area contributed by atoms with Crippen molar-refractivity contribution in [1.29, 1.82) is 0 Å². The largest absolute Gasteiger partial charge is 0.378 e. The van der Waals surface area contributed by atoms with Crippen molar-refractivity contribution in [3.8, 4) is 0 Å². The molecule has 7 nitrogen and oxygen atoms in total. The molecule has 1 N–H and O–H groups in total. The number of hydrogen-bond donors (Lipinski definition) is 1. The van der Waals surface area contributed by atoms with Crippen LogP contribution in [0, 0.1) is 11.7 Å². The van der Waals surface area contributed by atoms with E-state index in [-0.39, 0.29) is 30.5 Å². The molecule has 9 heteroatoms. The van der Waals surface area contributed by atoms with E-state index in [0.29, 0.717) is 18.9 Å². The number of hydrogen-bond acceptors (Lipinski definition) is 6. The highest BCUT2D eigenvalue weighted by molar-refractivity contribution is 7.22. The summed E-state index contributed by atoms with van der Waals surface area (Å²) in [4.78, 5) is 33.4. The van der Waals surface area contributed by atoms with Crippen molar-refractivity contribution >= 4 is 49.9 Å². The second-order valence-corrected chi connectivity index (χ2v) is 8.63. The van der Waals surface area contributed by atoms with Crippen molar-refractivity contribution in [2.45, 2.75) is 6.42 Å². The maximum Gasteiger partial charge on any atom is 0.229 e. The van der Waals surface area contributed by atoms with Crippen LogP contribution in [0.3, 0.4) is 0 Å². The van der Waals surface area contributed by atoms with Crippen LogP contribution < -0.4 is 15.1 Å². The van der Waals surface area contributed by atoms with Crippen LogP contribution in [-0.4, -0.2) is 49.6 Å². The molecule has 2 aliphatic rings. The number of carbonyl (C=O) groups excluding carboxylic acids is 2. The Morgan fingerprint density at radius 2 is 2.00 bits per heavy atom. The first-order valence-electron chi connectivity index (χ1n) is 10.2. The third-order valence-corrected chi connectivity index (χ3v) is 6.64. The van der Waals surface area contributed by atoms with Gasteiger partial charge in [-0.05, 0) is 30.3 Å². The second kappa shape index (κ2) is 8.24. The van der Waals surface area contributed by atoms with E-state index >= 15 is 0 Å². The smallest absolute Gasteiger partial charge is 0.229 e. The van der Waals surface area contributed by atoms with E-state index in [1.165, 1.54) is 11.0 Å². The molecule has 1 aromatic heterocycles. The lowest BCUT2D eigenvalue weighted by Gasteiger charge is -2.25. The van der Waals surface area contributed by atoms with Crippen LogP contribution in [0.15, 0.2) is 42.5 Å². The molecule has 2 saturated heterocycles. The topological polar surface area (TPSA) is 74.8 Å². The molecule has 0 aliphatic carbocycles. The van der Waals surface area contributed by atoms with E-state index in [0.717, 1.165) is 28.4 Å². The number of nitrogens with zero attached hydrogens (tertiary/aromatic N) is 3. The number of benzene rings is 2. The first-order chi connectivity index (χ1) is 15.1. The number of ether oxygens (including phenoxy) is 1. The minimum Gasteiger partial charge on any atom is -0.378 e. The van der Waals surface area contributed by atoms with Gasteiger partial charge in [-0.1, -0.05) is 23.5 Å². The zero-order valence-electron chi connectivity index (χ0n) is 16.7. The van der Waals surface area contributed by atoms with E-state index < -0.39 is 11.7 Å². The highest BCUT2D eigenvalue weighted by Crippen LogP contribution is 2.32. The van der Waals surface area contributed by atoms with Crippen molar-refractivity contribution in [2.24, 2.45) is 5.92 Å². The minimum absolute atomic E-state index is 0.0597. The van der Waals surface area contributed by atoms with Crippen LogP contribution in [0.5, 0.6) is 0 Å². The van der Waals surface area contributed by atoms with Gasteiger partial charge in [0, 0.05) is 31.7 Å². The predicted octanol–water partition coefficient (Wildman–Crippen LogP) is 3.26. The van der Waals surface area contributed by atoms with Gasteiger partial charge in [-0.25, -0.2) is 9.37 Å². The summed E-state index contributed by atoms with van der Waals surface area (Å²) >= 11 is 1.58. The summed E-state index contributed by atoms with van der Waals surface area (Å²) in [6.07, 6.45) is 0.0597. The normalized spacial score (nSPS) is 19.3. The van der Waals surface area contributed by atoms with Crippen LogP contribution in [0.2, 0.25) is 0 Å². The van der Waals surface area contributed by atoms with Crippen LogP contribution in [-0.2, 0) is 14.3 Å². The van der Waals surface area contributed by atoms with Gasteiger partial charge in [-0.3, -0.25) is 9.59 Å². The van der Waals surface area contributed by atoms with Gasteiger partial charge in [0.1, 0.15) is 5.82 Å². The third-order valence-electron chi connectivity index (χ3n) is 5.57. The van der Waals surface area contributed by atoms with Crippen molar-refractivity contribution in [3.05, 3.63) is 48.3 Å². The number of nitrogens with one attached hydrogen (secondary N) is 1. The third kappa shape index (κ3) is 3.98. The fourth-order valence-electron chi connectivity index (χ4n) is 3.91. The lowest BCUT2D eigenvalue weighted by atomic mass is 10.1. The molecule has 160 valence electrons. The lowest BCUT2D eigenvalue weighted by molar-refractivity contribution is -0.122. The number of amides is 2. The SMILES string of the molecule is O=C(Nc1ccc2nc(N3CCOCC3)sc2c1)[C@H]1CC(=O)N(c2ccccc2F)C1. The highest BCUT2D eigenvalue weighted by atomic mass is 32.1. The number of morpholine rings is 1. The maximum atomic E-state index is 14.1. The summed E-state index contributed by atoms with van der Waals surface area (Å²) in [5, 5.41) is 3.85. The summed E-state index contributed by atoms with van der Waals surface area (Å²) in [5.41, 5.74) is 1.75. The summed E-state index contributed by atoms with van der Waals surface area (Å²) < 4.78 is 20.4. The van der Waals surface area contributed by atoms with Gasteiger partial charge < -0.3 is 19.9 Å². The molecule has 2 aliphatic heterocycles. The molecule has 1 atom stereocenters. The van der Waals surface area contributed by atoms with E-state index in [2.05, 4.69) is 15.2 Å². The van der Waals surface area contributed by atoms with Crippen molar-refractivity contribution < 1.29 is 18.7 Å². The zero-order chi connectivity index (χ0) is 21.4. The molecular weight excluding hydrogens is 419 g/mol. The van der Waals surface area contributed by atoms with E-state index in [9.17, 15) is 14.0 Å². The first-order valence-corrected chi connectivity index (χ1v) is 11.0. The zero-order valence-corrected chi connectivity index (χ0v) is 17.5. The van der Waals surface area contributed by atoms with E-state index in [4.69, 9.17) is 4.74 Å². The Kier molecular flexibility index (Phi) is 5.29. The number of fused-ring (bicyclic) bond motifs is 1. The number of carbonyl (C=O) groups is 2. The molecule has 31 heavy (non-hydrogen) atoms. The molecule has 2 amide bonds. The first kappa shape index (κ1) is 19.9. The molecule has 3 aromatic rings. The number of thiazole rings is 1. The Balaban J connectivity index is 1.29. The summed E-state index contributed by atoms with van der Waals surface area (Å²) in [6, 6.07) is 11.7. The van der Waals surface area contributed by atoms with Gasteiger partial charge in [0.25, 0.3) is 0 Å². The van der Waals surface area contributed by atoms with Crippen LogP contribution in [0.4, 0.5) is 20.9 Å². The van der Waals surface area contributed by atoms with Gasteiger partial charge in [-0.2, -0.15) is 0 Å². The van der Waals surface area contributed by atoms with Gasteiger partial charge >= 0.3 is 0 Å². The molecule has 0 unspecified atom stereocenters. The minimum atomic E-state index is -0.534. The Morgan fingerprint density at radius 1 is 1.19 bits per heavy atom. The van der Waals surface area contributed by atoms with Crippen molar-refractivity contribution in [3.63, 3.8) is 0 Å². The Hall–Kier alpha value is -3.04. The molecule has 3 heterocycles. The molecule has 0 saturated carbocycles. The molecule has 0 spiro atoms. The standard InChI is InChI=1S/C22H21FN4O3S/c23-16-3-1-2-4-18(16)27-13-14(11-20(27)28)21(29)24-15-5-6-17-19(12-15)31-22(25-17)26-7-9-30-10-8-26/h1-6,12,14H,7-11,13H2,(H,24,29)/t14-/m0/s1. The number of halogens is 1. The highest BCUT2D eigenvalue weighted by Gasteiger charge is 2.36. The second-order valence-electron chi connectivity index (χ2n) is 7.62. The van der Waals surface area contributed by atoms with Crippen molar-refractivity contribution in [1.82, 2.24) is 4.98 Å².